The summed E-state index contributed by atoms with van der Waals surface area (Å²) in [6, 6.07) is 1.32. The first-order valence-electron chi connectivity index (χ1n) is 6.03. The Balaban J connectivity index is 2.90. The highest BCUT2D eigenvalue weighted by molar-refractivity contribution is 6.29. The normalized spacial score (nSPS) is 12.2. The average molecular weight is 272 g/mol. The van der Waals surface area contributed by atoms with Crippen LogP contribution in [0.15, 0.2) is 10.9 Å². The van der Waals surface area contributed by atoms with Gasteiger partial charge in [0.1, 0.15) is 17.5 Å². The van der Waals surface area contributed by atoms with Gasteiger partial charge in [-0.25, -0.2) is 4.98 Å². The monoisotopic (exact) mass is 271 g/mol. The van der Waals surface area contributed by atoms with Crippen LogP contribution in [0.25, 0.3) is 0 Å². The summed E-state index contributed by atoms with van der Waals surface area (Å²) in [7, 11) is 0. The van der Waals surface area contributed by atoms with Crippen molar-refractivity contribution >= 4 is 17.5 Å². The van der Waals surface area contributed by atoms with Crippen LogP contribution in [0.5, 0.6) is 0 Å². The highest BCUT2D eigenvalue weighted by atomic mass is 35.5. The quantitative estimate of drug-likeness (QED) is 0.823. The highest BCUT2D eigenvalue weighted by Crippen LogP contribution is 2.03. The number of hydrogen-bond acceptors (Lipinski definition) is 3. The Morgan fingerprint density at radius 3 is 2.78 bits per heavy atom. The number of hydrogen-bond donors (Lipinski definition) is 1. The molecule has 1 rings (SSSR count). The third kappa shape index (κ3) is 3.84. The molecule has 6 heteroatoms. The Bertz CT molecular complexity index is 485. The Morgan fingerprint density at radius 1 is 1.56 bits per heavy atom. The molecule has 5 nitrogen and oxygen atoms in total. The van der Waals surface area contributed by atoms with E-state index < -0.39 is 0 Å². The SMILES string of the molecule is CCc1nc(Cl)cc(=O)n1CC(=O)NC(C)CC. The van der Waals surface area contributed by atoms with Crippen LogP contribution in [0, 0.1) is 0 Å². The molecular weight excluding hydrogens is 254 g/mol. The molecule has 1 heterocycles. The number of aryl methyl sites for hydroxylation is 1. The van der Waals surface area contributed by atoms with Crippen molar-refractivity contribution in [3.8, 4) is 0 Å². The molecule has 0 aromatic carbocycles. The van der Waals surface area contributed by atoms with E-state index in [1.54, 1.807) is 0 Å². The topological polar surface area (TPSA) is 64.0 Å². The lowest BCUT2D eigenvalue weighted by Crippen LogP contribution is -2.38. The predicted molar refractivity (Wildman–Crippen MR) is 70.8 cm³/mol. The van der Waals surface area contributed by atoms with Crippen molar-refractivity contribution in [2.45, 2.75) is 46.2 Å². The lowest BCUT2D eigenvalue weighted by molar-refractivity contribution is -0.122. The zero-order valence-corrected chi connectivity index (χ0v) is 11.6. The van der Waals surface area contributed by atoms with E-state index in [0.29, 0.717) is 12.2 Å². The first kappa shape index (κ1) is 14.7. The number of aromatic nitrogens is 2. The van der Waals surface area contributed by atoms with Gasteiger partial charge in [0.2, 0.25) is 5.91 Å². The molecular formula is C12H18ClN3O2. The Kier molecular flexibility index (Phi) is 5.34. The van der Waals surface area contributed by atoms with E-state index in [2.05, 4.69) is 10.3 Å². The molecule has 100 valence electrons. The van der Waals surface area contributed by atoms with Crippen molar-refractivity contribution in [2.75, 3.05) is 0 Å². The standard InChI is InChI=1S/C12H18ClN3O2/c1-4-8(3)14-11(17)7-16-10(5-2)15-9(13)6-12(16)18/h6,8H,4-5,7H2,1-3H3,(H,14,17). The van der Waals surface area contributed by atoms with Crippen LogP contribution in [-0.2, 0) is 17.8 Å². The van der Waals surface area contributed by atoms with Crippen molar-refractivity contribution < 1.29 is 4.79 Å². The van der Waals surface area contributed by atoms with Gasteiger partial charge in [0.15, 0.2) is 0 Å². The third-order valence-corrected chi connectivity index (χ3v) is 2.89. The fourth-order valence-corrected chi connectivity index (χ4v) is 1.72. The second kappa shape index (κ2) is 6.54. The van der Waals surface area contributed by atoms with Crippen LogP contribution in [0.1, 0.15) is 33.0 Å². The van der Waals surface area contributed by atoms with E-state index in [9.17, 15) is 9.59 Å². The molecule has 0 bridgehead atoms. The number of rotatable bonds is 5. The Labute approximate surface area is 111 Å². The number of carbonyl (C=O) groups excluding carboxylic acids is 1. The smallest absolute Gasteiger partial charge is 0.255 e. The average Bonchev–Trinajstić information content (AvgIpc) is 2.31. The van der Waals surface area contributed by atoms with E-state index in [0.717, 1.165) is 6.42 Å². The molecule has 0 aliphatic rings. The van der Waals surface area contributed by atoms with Crippen LogP contribution < -0.4 is 10.9 Å². The fourth-order valence-electron chi connectivity index (χ4n) is 1.53. The molecule has 0 saturated heterocycles. The maximum atomic E-state index is 11.8. The molecule has 0 aliphatic heterocycles. The van der Waals surface area contributed by atoms with E-state index in [1.165, 1.54) is 10.6 Å². The maximum absolute atomic E-state index is 11.8. The van der Waals surface area contributed by atoms with Crippen LogP contribution >= 0.6 is 11.6 Å². The minimum atomic E-state index is -0.300. The van der Waals surface area contributed by atoms with Crippen molar-refractivity contribution in [1.29, 1.82) is 0 Å². The van der Waals surface area contributed by atoms with Gasteiger partial charge in [-0.1, -0.05) is 25.4 Å². The maximum Gasteiger partial charge on any atom is 0.255 e. The Hall–Kier alpha value is -1.36. The van der Waals surface area contributed by atoms with Gasteiger partial charge in [-0.15, -0.1) is 0 Å². The molecule has 1 unspecified atom stereocenters. The number of halogens is 1. The largest absolute Gasteiger partial charge is 0.352 e. The molecule has 1 aromatic heterocycles. The summed E-state index contributed by atoms with van der Waals surface area (Å²) in [6.07, 6.45) is 1.40. The predicted octanol–water partition coefficient (Wildman–Crippen LogP) is 1.37. The van der Waals surface area contributed by atoms with Gasteiger partial charge in [-0.05, 0) is 13.3 Å². The molecule has 1 N–H and O–H groups in total. The molecule has 18 heavy (non-hydrogen) atoms. The molecule has 1 aromatic rings. The van der Waals surface area contributed by atoms with Gasteiger partial charge in [0, 0.05) is 18.5 Å². The molecule has 1 amide bonds. The number of carbonyl (C=O) groups is 1. The summed E-state index contributed by atoms with van der Waals surface area (Å²) in [5.41, 5.74) is -0.300. The van der Waals surface area contributed by atoms with Gasteiger partial charge in [0.25, 0.3) is 5.56 Å². The summed E-state index contributed by atoms with van der Waals surface area (Å²) < 4.78 is 1.35. The third-order valence-electron chi connectivity index (χ3n) is 2.69. The molecule has 0 saturated carbocycles. The second-order valence-electron chi connectivity index (χ2n) is 4.15. The van der Waals surface area contributed by atoms with Gasteiger partial charge in [-0.2, -0.15) is 0 Å². The minimum absolute atomic E-state index is 0.0173. The Morgan fingerprint density at radius 2 is 2.22 bits per heavy atom. The first-order valence-corrected chi connectivity index (χ1v) is 6.41. The van der Waals surface area contributed by atoms with Crippen LogP contribution in [0.3, 0.4) is 0 Å². The summed E-state index contributed by atoms with van der Waals surface area (Å²) in [5, 5.41) is 2.97. The molecule has 1 atom stereocenters. The van der Waals surface area contributed by atoms with E-state index in [1.807, 2.05) is 20.8 Å². The van der Waals surface area contributed by atoms with E-state index in [4.69, 9.17) is 11.6 Å². The summed E-state index contributed by atoms with van der Waals surface area (Å²) in [4.78, 5) is 27.6. The van der Waals surface area contributed by atoms with Gasteiger partial charge >= 0.3 is 0 Å². The fraction of sp³-hybridized carbons (Fsp3) is 0.583. The zero-order chi connectivity index (χ0) is 13.7. The van der Waals surface area contributed by atoms with Crippen molar-refractivity contribution in [2.24, 2.45) is 0 Å². The van der Waals surface area contributed by atoms with Gasteiger partial charge in [-0.3, -0.25) is 14.2 Å². The van der Waals surface area contributed by atoms with Crippen LogP contribution in [-0.4, -0.2) is 21.5 Å². The molecule has 0 radical (unpaired) electrons. The second-order valence-corrected chi connectivity index (χ2v) is 4.54. The highest BCUT2D eigenvalue weighted by Gasteiger charge is 2.11. The van der Waals surface area contributed by atoms with Gasteiger partial charge in [0.05, 0.1) is 0 Å². The molecule has 0 spiro atoms. The number of nitrogens with zero attached hydrogens (tertiary/aromatic N) is 2. The van der Waals surface area contributed by atoms with E-state index in [-0.39, 0.29) is 29.2 Å². The molecule has 0 fully saturated rings. The number of nitrogens with one attached hydrogen (secondary N) is 1. The van der Waals surface area contributed by atoms with Crippen molar-refractivity contribution in [3.05, 3.63) is 27.4 Å². The summed E-state index contributed by atoms with van der Waals surface area (Å²) in [5.74, 6) is 0.331. The van der Waals surface area contributed by atoms with Gasteiger partial charge < -0.3 is 5.32 Å². The minimum Gasteiger partial charge on any atom is -0.352 e. The van der Waals surface area contributed by atoms with Crippen molar-refractivity contribution in [1.82, 2.24) is 14.9 Å². The van der Waals surface area contributed by atoms with Crippen LogP contribution in [0.4, 0.5) is 0 Å². The van der Waals surface area contributed by atoms with E-state index >= 15 is 0 Å². The summed E-state index contributed by atoms with van der Waals surface area (Å²) >= 11 is 5.72. The van der Waals surface area contributed by atoms with Crippen LogP contribution in [0.2, 0.25) is 5.15 Å². The zero-order valence-electron chi connectivity index (χ0n) is 10.9. The number of amides is 1. The molecule has 0 aliphatic carbocycles. The lowest BCUT2D eigenvalue weighted by Gasteiger charge is -2.14. The first-order chi connectivity index (χ1) is 8.47. The lowest BCUT2D eigenvalue weighted by atomic mass is 10.2. The summed E-state index contributed by atoms with van der Waals surface area (Å²) in [6.45, 7) is 5.75. The van der Waals surface area contributed by atoms with Crippen molar-refractivity contribution in [3.63, 3.8) is 0 Å².